The molecule has 0 spiro atoms. The standard InChI is InChI=1S/C13H21NO/c1-8(2)11-7-10(5)13(15)14(6)12(11)9(3)4/h7-9H,1-6H3. The molecular formula is C13H21NO. The molecule has 0 fully saturated rings. The van der Waals surface area contributed by atoms with E-state index in [1.165, 1.54) is 11.3 Å². The van der Waals surface area contributed by atoms with Crippen LogP contribution in [0.5, 0.6) is 0 Å². The van der Waals surface area contributed by atoms with E-state index in [4.69, 9.17) is 0 Å². The fourth-order valence-electron chi connectivity index (χ4n) is 2.12. The Morgan fingerprint density at radius 2 is 1.67 bits per heavy atom. The molecule has 1 heterocycles. The molecule has 1 aromatic heterocycles. The van der Waals surface area contributed by atoms with Crippen molar-refractivity contribution in [3.63, 3.8) is 0 Å². The average molecular weight is 207 g/mol. The topological polar surface area (TPSA) is 22.0 Å². The minimum Gasteiger partial charge on any atom is -0.315 e. The van der Waals surface area contributed by atoms with Gasteiger partial charge in [0.1, 0.15) is 0 Å². The van der Waals surface area contributed by atoms with Gasteiger partial charge in [0.15, 0.2) is 0 Å². The van der Waals surface area contributed by atoms with Crippen LogP contribution in [0.4, 0.5) is 0 Å². The fourth-order valence-corrected chi connectivity index (χ4v) is 2.12. The smallest absolute Gasteiger partial charge is 0.253 e. The first-order chi connectivity index (χ1) is 6.86. The second kappa shape index (κ2) is 4.21. The highest BCUT2D eigenvalue weighted by atomic mass is 16.1. The molecule has 0 bridgehead atoms. The van der Waals surface area contributed by atoms with Gasteiger partial charge in [-0.2, -0.15) is 0 Å². The quantitative estimate of drug-likeness (QED) is 0.731. The maximum absolute atomic E-state index is 11.8. The number of hydrogen-bond donors (Lipinski definition) is 0. The van der Waals surface area contributed by atoms with Crippen LogP contribution in [0.25, 0.3) is 0 Å². The van der Waals surface area contributed by atoms with Gasteiger partial charge < -0.3 is 4.57 Å². The first-order valence-corrected chi connectivity index (χ1v) is 5.56. The van der Waals surface area contributed by atoms with Gasteiger partial charge in [-0.15, -0.1) is 0 Å². The Kier molecular flexibility index (Phi) is 3.38. The summed E-state index contributed by atoms with van der Waals surface area (Å²) in [5.74, 6) is 0.855. The summed E-state index contributed by atoms with van der Waals surface area (Å²) in [4.78, 5) is 11.8. The van der Waals surface area contributed by atoms with Crippen molar-refractivity contribution in [2.45, 2.75) is 46.5 Å². The first kappa shape index (κ1) is 12.0. The van der Waals surface area contributed by atoms with Crippen molar-refractivity contribution in [3.8, 4) is 0 Å². The van der Waals surface area contributed by atoms with Crippen molar-refractivity contribution in [3.05, 3.63) is 33.2 Å². The molecule has 0 aliphatic heterocycles. The predicted octanol–water partition coefficient (Wildman–Crippen LogP) is 2.94. The van der Waals surface area contributed by atoms with E-state index in [1.807, 2.05) is 20.0 Å². The third kappa shape index (κ3) is 2.14. The molecule has 0 aliphatic carbocycles. The van der Waals surface area contributed by atoms with Gasteiger partial charge in [-0.1, -0.05) is 27.7 Å². The number of aryl methyl sites for hydroxylation is 1. The Labute approximate surface area is 91.9 Å². The van der Waals surface area contributed by atoms with Crippen molar-refractivity contribution in [2.75, 3.05) is 0 Å². The second-order valence-corrected chi connectivity index (χ2v) is 4.84. The van der Waals surface area contributed by atoms with Crippen LogP contribution in [0.15, 0.2) is 10.9 Å². The summed E-state index contributed by atoms with van der Waals surface area (Å²) in [6.45, 7) is 10.5. The SMILES string of the molecule is Cc1cc(C(C)C)c(C(C)C)n(C)c1=O. The molecule has 0 atom stereocenters. The van der Waals surface area contributed by atoms with Gasteiger partial charge in [-0.25, -0.2) is 0 Å². The third-order valence-corrected chi connectivity index (χ3v) is 2.84. The lowest BCUT2D eigenvalue weighted by atomic mass is 9.94. The van der Waals surface area contributed by atoms with E-state index in [1.54, 1.807) is 4.57 Å². The van der Waals surface area contributed by atoms with Crippen LogP contribution in [0.1, 0.15) is 56.4 Å². The molecule has 1 rings (SSSR count). The minimum absolute atomic E-state index is 0.128. The molecule has 2 heteroatoms. The third-order valence-electron chi connectivity index (χ3n) is 2.84. The molecule has 2 nitrogen and oxygen atoms in total. The Morgan fingerprint density at radius 3 is 2.07 bits per heavy atom. The molecule has 0 radical (unpaired) electrons. The fraction of sp³-hybridized carbons (Fsp3) is 0.615. The zero-order chi connectivity index (χ0) is 11.7. The van der Waals surface area contributed by atoms with E-state index >= 15 is 0 Å². The lowest BCUT2D eigenvalue weighted by molar-refractivity contribution is 0.666. The summed E-state index contributed by atoms with van der Waals surface area (Å²) in [5, 5.41) is 0. The van der Waals surface area contributed by atoms with Crippen LogP contribution in [0.2, 0.25) is 0 Å². The van der Waals surface area contributed by atoms with E-state index in [-0.39, 0.29) is 5.56 Å². The number of aromatic nitrogens is 1. The lowest BCUT2D eigenvalue weighted by Gasteiger charge is -2.20. The summed E-state index contributed by atoms with van der Waals surface area (Å²) in [6.07, 6.45) is 0. The highest BCUT2D eigenvalue weighted by molar-refractivity contribution is 5.30. The molecule has 1 aromatic rings. The average Bonchev–Trinajstić information content (AvgIpc) is 2.12. The largest absolute Gasteiger partial charge is 0.315 e. The van der Waals surface area contributed by atoms with Crippen LogP contribution in [0, 0.1) is 6.92 Å². The summed E-state index contributed by atoms with van der Waals surface area (Å²) in [7, 11) is 1.87. The highest BCUT2D eigenvalue weighted by Gasteiger charge is 2.15. The van der Waals surface area contributed by atoms with E-state index in [2.05, 4.69) is 27.7 Å². The van der Waals surface area contributed by atoms with Crippen LogP contribution < -0.4 is 5.56 Å². The van der Waals surface area contributed by atoms with Crippen molar-refractivity contribution >= 4 is 0 Å². The van der Waals surface area contributed by atoms with Gasteiger partial charge in [-0.05, 0) is 30.4 Å². The van der Waals surface area contributed by atoms with Gasteiger partial charge in [0, 0.05) is 18.3 Å². The Hall–Kier alpha value is -1.05. The van der Waals surface area contributed by atoms with Gasteiger partial charge in [0.05, 0.1) is 0 Å². The van der Waals surface area contributed by atoms with Crippen LogP contribution in [-0.4, -0.2) is 4.57 Å². The molecular weight excluding hydrogens is 186 g/mol. The van der Waals surface area contributed by atoms with Crippen molar-refractivity contribution in [2.24, 2.45) is 7.05 Å². The minimum atomic E-state index is 0.128. The van der Waals surface area contributed by atoms with Crippen LogP contribution in [0.3, 0.4) is 0 Å². The Morgan fingerprint density at radius 1 is 1.13 bits per heavy atom. The van der Waals surface area contributed by atoms with E-state index < -0.39 is 0 Å². The second-order valence-electron chi connectivity index (χ2n) is 4.84. The monoisotopic (exact) mass is 207 g/mol. The van der Waals surface area contributed by atoms with Crippen LogP contribution >= 0.6 is 0 Å². The Balaban J connectivity index is 3.58. The molecule has 0 saturated carbocycles. The Bertz CT molecular complexity index is 413. The first-order valence-electron chi connectivity index (χ1n) is 5.56. The van der Waals surface area contributed by atoms with E-state index in [0.717, 1.165) is 5.56 Å². The number of pyridine rings is 1. The van der Waals surface area contributed by atoms with Gasteiger partial charge in [0.25, 0.3) is 5.56 Å². The molecule has 0 aromatic carbocycles. The van der Waals surface area contributed by atoms with Crippen molar-refractivity contribution in [1.82, 2.24) is 4.57 Å². The number of hydrogen-bond acceptors (Lipinski definition) is 1. The maximum atomic E-state index is 11.8. The predicted molar refractivity (Wildman–Crippen MR) is 64.6 cm³/mol. The molecule has 15 heavy (non-hydrogen) atoms. The molecule has 0 aliphatic rings. The van der Waals surface area contributed by atoms with Crippen molar-refractivity contribution < 1.29 is 0 Å². The zero-order valence-corrected chi connectivity index (χ0v) is 10.6. The van der Waals surface area contributed by atoms with Gasteiger partial charge in [-0.3, -0.25) is 4.79 Å². The van der Waals surface area contributed by atoms with Crippen LogP contribution in [-0.2, 0) is 7.05 Å². The molecule has 0 amide bonds. The summed E-state index contributed by atoms with van der Waals surface area (Å²) in [5.41, 5.74) is 3.43. The summed E-state index contributed by atoms with van der Waals surface area (Å²) < 4.78 is 1.80. The molecule has 0 saturated heterocycles. The normalized spacial score (nSPS) is 11.5. The van der Waals surface area contributed by atoms with Crippen molar-refractivity contribution in [1.29, 1.82) is 0 Å². The zero-order valence-electron chi connectivity index (χ0n) is 10.6. The highest BCUT2D eigenvalue weighted by Crippen LogP contribution is 2.24. The molecule has 84 valence electrons. The van der Waals surface area contributed by atoms with Gasteiger partial charge in [0.2, 0.25) is 0 Å². The maximum Gasteiger partial charge on any atom is 0.253 e. The van der Waals surface area contributed by atoms with E-state index in [9.17, 15) is 4.79 Å². The number of rotatable bonds is 2. The lowest BCUT2D eigenvalue weighted by Crippen LogP contribution is -2.25. The van der Waals surface area contributed by atoms with Gasteiger partial charge >= 0.3 is 0 Å². The van der Waals surface area contributed by atoms with E-state index in [0.29, 0.717) is 11.8 Å². The summed E-state index contributed by atoms with van der Waals surface area (Å²) >= 11 is 0. The molecule has 0 N–H and O–H groups in total. The summed E-state index contributed by atoms with van der Waals surface area (Å²) in [6, 6.07) is 2.04. The number of nitrogens with zero attached hydrogens (tertiary/aromatic N) is 1. The molecule has 0 unspecified atom stereocenters.